The molecule has 0 spiro atoms. The number of carbonyl (C=O) groups excluding carboxylic acids is 1. The minimum absolute atomic E-state index is 0.00376. The van der Waals surface area contributed by atoms with Crippen molar-refractivity contribution in [1.29, 1.82) is 0 Å². The fraction of sp³-hybridized carbons (Fsp3) is 0.263. The Morgan fingerprint density at radius 2 is 2.00 bits per heavy atom. The number of rotatable bonds is 5. The molecule has 3 aromatic rings. The molecule has 1 aliphatic rings. The van der Waals surface area contributed by atoms with Crippen LogP contribution in [0.4, 0.5) is 0 Å². The first-order chi connectivity index (χ1) is 12.8. The summed E-state index contributed by atoms with van der Waals surface area (Å²) in [5.41, 5.74) is 1.78. The molecular formula is C19H19N5O2. The second kappa shape index (κ2) is 7.35. The van der Waals surface area contributed by atoms with E-state index >= 15 is 0 Å². The molecule has 1 amide bonds. The average molecular weight is 349 g/mol. The Kier molecular flexibility index (Phi) is 4.59. The summed E-state index contributed by atoms with van der Waals surface area (Å²) in [6.45, 7) is 1.54. The van der Waals surface area contributed by atoms with Gasteiger partial charge < -0.3 is 14.2 Å². The summed E-state index contributed by atoms with van der Waals surface area (Å²) in [5, 5.41) is 0. The van der Waals surface area contributed by atoms with Gasteiger partial charge in [0.25, 0.3) is 0 Å². The average Bonchev–Trinajstić information content (AvgIpc) is 3.16. The van der Waals surface area contributed by atoms with E-state index in [9.17, 15) is 4.79 Å². The Morgan fingerprint density at radius 3 is 2.77 bits per heavy atom. The number of pyridine rings is 2. The standard InChI is InChI=1S/C19H19N5O2/c25-19(9-15-5-1-3-7-21-15)23-11-16-10-20-14-24(16)17(12-23)13-26-18-6-2-4-8-22-18/h1-8,10,14,17H,9,11-13H2. The number of ether oxygens (including phenoxy) is 1. The van der Waals surface area contributed by atoms with Gasteiger partial charge in [-0.15, -0.1) is 0 Å². The fourth-order valence-corrected chi connectivity index (χ4v) is 3.09. The van der Waals surface area contributed by atoms with Crippen molar-refractivity contribution >= 4 is 5.91 Å². The van der Waals surface area contributed by atoms with Crippen molar-refractivity contribution in [2.45, 2.75) is 19.0 Å². The van der Waals surface area contributed by atoms with E-state index in [1.54, 1.807) is 24.9 Å². The molecule has 0 bridgehead atoms. The molecule has 132 valence electrons. The normalized spacial score (nSPS) is 16.2. The molecule has 7 heteroatoms. The van der Waals surface area contributed by atoms with Gasteiger partial charge in [-0.05, 0) is 18.2 Å². The van der Waals surface area contributed by atoms with Crippen LogP contribution in [0.25, 0.3) is 0 Å². The van der Waals surface area contributed by atoms with Crippen molar-refractivity contribution in [3.8, 4) is 5.88 Å². The van der Waals surface area contributed by atoms with Gasteiger partial charge in [-0.25, -0.2) is 9.97 Å². The Labute approximate surface area is 151 Å². The maximum absolute atomic E-state index is 12.7. The van der Waals surface area contributed by atoms with Crippen LogP contribution < -0.4 is 4.74 Å². The van der Waals surface area contributed by atoms with Gasteiger partial charge in [0.2, 0.25) is 11.8 Å². The lowest BCUT2D eigenvalue weighted by atomic mass is 10.1. The maximum Gasteiger partial charge on any atom is 0.229 e. The summed E-state index contributed by atoms with van der Waals surface area (Å²) in [6, 6.07) is 11.2. The third-order valence-corrected chi connectivity index (χ3v) is 4.40. The van der Waals surface area contributed by atoms with E-state index in [-0.39, 0.29) is 11.9 Å². The highest BCUT2D eigenvalue weighted by Gasteiger charge is 2.28. The summed E-state index contributed by atoms with van der Waals surface area (Å²) in [6.07, 6.45) is 7.29. The fourth-order valence-electron chi connectivity index (χ4n) is 3.09. The summed E-state index contributed by atoms with van der Waals surface area (Å²) in [4.78, 5) is 27.2. The van der Waals surface area contributed by atoms with Crippen molar-refractivity contribution in [3.63, 3.8) is 0 Å². The molecule has 0 aliphatic carbocycles. The molecule has 26 heavy (non-hydrogen) atoms. The van der Waals surface area contributed by atoms with E-state index in [0.717, 1.165) is 11.4 Å². The predicted molar refractivity (Wildman–Crippen MR) is 94.4 cm³/mol. The molecule has 0 saturated heterocycles. The van der Waals surface area contributed by atoms with Crippen molar-refractivity contribution in [2.75, 3.05) is 13.2 Å². The van der Waals surface area contributed by atoms with Crippen LogP contribution >= 0.6 is 0 Å². The summed E-state index contributed by atoms with van der Waals surface area (Å²) >= 11 is 0. The van der Waals surface area contributed by atoms with E-state index in [4.69, 9.17) is 4.74 Å². The highest BCUT2D eigenvalue weighted by atomic mass is 16.5. The topological polar surface area (TPSA) is 73.1 Å². The van der Waals surface area contributed by atoms with Gasteiger partial charge in [-0.2, -0.15) is 0 Å². The molecule has 4 rings (SSSR count). The first kappa shape index (κ1) is 16.3. The third kappa shape index (κ3) is 3.56. The molecular weight excluding hydrogens is 330 g/mol. The molecule has 7 nitrogen and oxygen atoms in total. The first-order valence-corrected chi connectivity index (χ1v) is 8.52. The predicted octanol–water partition coefficient (Wildman–Crippen LogP) is 1.88. The van der Waals surface area contributed by atoms with Crippen LogP contribution in [0, 0.1) is 0 Å². The van der Waals surface area contributed by atoms with Crippen LogP contribution in [0.5, 0.6) is 5.88 Å². The number of fused-ring (bicyclic) bond motifs is 1. The SMILES string of the molecule is O=C(Cc1ccccn1)N1Cc2cncn2C(COc2ccccn2)C1. The molecule has 1 aliphatic heterocycles. The molecule has 0 aromatic carbocycles. The second-order valence-corrected chi connectivity index (χ2v) is 6.20. The van der Waals surface area contributed by atoms with Crippen LogP contribution in [0.15, 0.2) is 61.3 Å². The van der Waals surface area contributed by atoms with Gasteiger partial charge in [-0.3, -0.25) is 9.78 Å². The van der Waals surface area contributed by atoms with Gasteiger partial charge in [0.1, 0.15) is 6.61 Å². The zero-order chi connectivity index (χ0) is 17.8. The van der Waals surface area contributed by atoms with E-state index in [0.29, 0.717) is 32.0 Å². The number of amides is 1. The number of carbonyl (C=O) groups is 1. The van der Waals surface area contributed by atoms with E-state index in [1.165, 1.54) is 0 Å². The highest BCUT2D eigenvalue weighted by Crippen LogP contribution is 2.22. The Morgan fingerprint density at radius 1 is 1.15 bits per heavy atom. The molecule has 1 atom stereocenters. The smallest absolute Gasteiger partial charge is 0.229 e. The van der Waals surface area contributed by atoms with Crippen LogP contribution in [0.2, 0.25) is 0 Å². The Balaban J connectivity index is 1.46. The number of hydrogen-bond acceptors (Lipinski definition) is 5. The van der Waals surface area contributed by atoms with E-state index in [1.807, 2.05) is 41.3 Å². The van der Waals surface area contributed by atoms with Crippen LogP contribution in [-0.2, 0) is 17.8 Å². The summed E-state index contributed by atoms with van der Waals surface area (Å²) in [5.74, 6) is 0.630. The second-order valence-electron chi connectivity index (χ2n) is 6.20. The molecule has 0 radical (unpaired) electrons. The van der Waals surface area contributed by atoms with Crippen molar-refractivity contribution in [3.05, 3.63) is 72.7 Å². The van der Waals surface area contributed by atoms with Gasteiger partial charge >= 0.3 is 0 Å². The van der Waals surface area contributed by atoms with Gasteiger partial charge in [0.15, 0.2) is 0 Å². The zero-order valence-electron chi connectivity index (χ0n) is 14.2. The van der Waals surface area contributed by atoms with Crippen LogP contribution in [-0.4, -0.2) is 43.5 Å². The lowest BCUT2D eigenvalue weighted by molar-refractivity contribution is -0.132. The Bertz CT molecular complexity index is 866. The molecule has 4 heterocycles. The minimum atomic E-state index is -0.00376. The van der Waals surface area contributed by atoms with Crippen LogP contribution in [0.1, 0.15) is 17.4 Å². The van der Waals surface area contributed by atoms with E-state index in [2.05, 4.69) is 19.5 Å². The molecule has 0 saturated carbocycles. The lowest BCUT2D eigenvalue weighted by Gasteiger charge is -2.34. The van der Waals surface area contributed by atoms with Crippen molar-refractivity contribution in [2.24, 2.45) is 0 Å². The quantitative estimate of drug-likeness (QED) is 0.703. The molecule has 3 aromatic heterocycles. The van der Waals surface area contributed by atoms with Crippen LogP contribution in [0.3, 0.4) is 0 Å². The maximum atomic E-state index is 12.7. The monoisotopic (exact) mass is 349 g/mol. The zero-order valence-corrected chi connectivity index (χ0v) is 14.2. The summed E-state index contributed by atoms with van der Waals surface area (Å²) < 4.78 is 7.88. The van der Waals surface area contributed by atoms with Crippen molar-refractivity contribution in [1.82, 2.24) is 24.4 Å². The van der Waals surface area contributed by atoms with Gasteiger partial charge in [0, 0.05) is 36.9 Å². The largest absolute Gasteiger partial charge is 0.475 e. The minimum Gasteiger partial charge on any atom is -0.475 e. The highest BCUT2D eigenvalue weighted by molar-refractivity contribution is 5.78. The van der Waals surface area contributed by atoms with Gasteiger partial charge in [-0.1, -0.05) is 12.1 Å². The third-order valence-electron chi connectivity index (χ3n) is 4.40. The van der Waals surface area contributed by atoms with Gasteiger partial charge in [0.05, 0.1) is 31.0 Å². The number of hydrogen-bond donors (Lipinski definition) is 0. The van der Waals surface area contributed by atoms with E-state index < -0.39 is 0 Å². The molecule has 0 fully saturated rings. The number of nitrogens with zero attached hydrogens (tertiary/aromatic N) is 5. The lowest BCUT2D eigenvalue weighted by Crippen LogP contribution is -2.43. The molecule has 0 N–H and O–H groups in total. The molecule has 1 unspecified atom stereocenters. The Hall–Kier alpha value is -3.22. The number of imidazole rings is 1. The first-order valence-electron chi connectivity index (χ1n) is 8.52. The summed E-state index contributed by atoms with van der Waals surface area (Å²) in [7, 11) is 0. The van der Waals surface area contributed by atoms with Crippen molar-refractivity contribution < 1.29 is 9.53 Å². The number of aromatic nitrogens is 4.